The Morgan fingerprint density at radius 3 is 2.56 bits per heavy atom. The van der Waals surface area contributed by atoms with E-state index in [1.807, 2.05) is 0 Å². The number of benzene rings is 1. The highest BCUT2D eigenvalue weighted by Gasteiger charge is 2.24. The van der Waals surface area contributed by atoms with Crippen LogP contribution in [-0.2, 0) is 0 Å². The average molecular weight is 230 g/mol. The predicted octanol–water partition coefficient (Wildman–Crippen LogP) is 3.13. The van der Waals surface area contributed by atoms with Gasteiger partial charge in [0.1, 0.15) is 0 Å². The number of nitro groups is 1. The Morgan fingerprint density at radius 2 is 2.12 bits per heavy atom. The summed E-state index contributed by atoms with van der Waals surface area (Å²) in [6.45, 7) is 2.17. The molecule has 1 unspecified atom stereocenters. The molecule has 1 radical (unpaired) electrons. The van der Waals surface area contributed by atoms with Crippen LogP contribution < -0.4 is 4.74 Å². The molecule has 4 nitrogen and oxygen atoms in total. The predicted molar refractivity (Wildman–Crippen MR) is 53.5 cm³/mol. The third kappa shape index (κ3) is 2.65. The van der Waals surface area contributed by atoms with Gasteiger partial charge in [0.2, 0.25) is 5.75 Å². The summed E-state index contributed by atoms with van der Waals surface area (Å²) in [5, 5.41) is 10.8. The second-order valence-corrected chi connectivity index (χ2v) is 3.23. The summed E-state index contributed by atoms with van der Waals surface area (Å²) in [4.78, 5) is 10.0. The molecule has 0 aliphatic heterocycles. The first-order valence-corrected chi connectivity index (χ1v) is 4.48. The van der Waals surface area contributed by atoms with Crippen LogP contribution in [0.4, 0.5) is 14.5 Å². The third-order valence-electron chi connectivity index (χ3n) is 1.96. The molecule has 1 aromatic carbocycles. The Morgan fingerprint density at radius 1 is 1.50 bits per heavy atom. The van der Waals surface area contributed by atoms with Crippen molar-refractivity contribution < 1.29 is 18.4 Å². The van der Waals surface area contributed by atoms with Crippen LogP contribution >= 0.6 is 0 Å². The summed E-state index contributed by atoms with van der Waals surface area (Å²) in [6, 6.07) is 4.02. The topological polar surface area (TPSA) is 52.4 Å². The van der Waals surface area contributed by atoms with Gasteiger partial charge in [0, 0.05) is 5.56 Å². The number of ether oxygens (including phenoxy) is 1. The molecule has 0 aromatic heterocycles. The van der Waals surface area contributed by atoms with Crippen LogP contribution in [0.15, 0.2) is 18.2 Å². The fourth-order valence-electron chi connectivity index (χ4n) is 1.32. The summed E-state index contributed by atoms with van der Waals surface area (Å²) < 4.78 is 28.2. The number of rotatable bonds is 4. The lowest BCUT2D eigenvalue weighted by Gasteiger charge is -2.10. The largest absolute Gasteiger partial charge is 0.427 e. The lowest BCUT2D eigenvalue weighted by Crippen LogP contribution is -2.06. The van der Waals surface area contributed by atoms with Crippen molar-refractivity contribution in [1.29, 1.82) is 0 Å². The van der Waals surface area contributed by atoms with E-state index in [1.165, 1.54) is 12.1 Å². The van der Waals surface area contributed by atoms with Crippen molar-refractivity contribution in [3.05, 3.63) is 40.8 Å². The molecule has 0 aliphatic rings. The van der Waals surface area contributed by atoms with Crippen LogP contribution in [0.3, 0.4) is 0 Å². The molecule has 0 N–H and O–H groups in total. The molecule has 0 saturated heterocycles. The van der Waals surface area contributed by atoms with Gasteiger partial charge in [0.15, 0.2) is 0 Å². The van der Waals surface area contributed by atoms with Crippen molar-refractivity contribution in [3.63, 3.8) is 0 Å². The number of hydrogen-bond acceptors (Lipinski definition) is 3. The van der Waals surface area contributed by atoms with Crippen LogP contribution in [0.2, 0.25) is 0 Å². The van der Waals surface area contributed by atoms with Gasteiger partial charge in [-0.2, -0.15) is 8.78 Å². The Hall–Kier alpha value is -1.72. The maximum Gasteiger partial charge on any atom is 0.387 e. The van der Waals surface area contributed by atoms with Crippen LogP contribution in [0.1, 0.15) is 18.4 Å². The highest BCUT2D eigenvalue weighted by molar-refractivity contribution is 5.54. The van der Waals surface area contributed by atoms with E-state index in [0.717, 1.165) is 6.07 Å². The zero-order valence-corrected chi connectivity index (χ0v) is 8.52. The van der Waals surface area contributed by atoms with Gasteiger partial charge in [-0.25, -0.2) is 0 Å². The number of halogens is 2. The van der Waals surface area contributed by atoms with Crippen LogP contribution in [-0.4, -0.2) is 11.5 Å². The van der Waals surface area contributed by atoms with Gasteiger partial charge >= 0.3 is 12.3 Å². The molecule has 6 heteroatoms. The van der Waals surface area contributed by atoms with Crippen molar-refractivity contribution >= 4 is 5.69 Å². The lowest BCUT2D eigenvalue weighted by molar-refractivity contribution is -0.387. The van der Waals surface area contributed by atoms with E-state index in [-0.39, 0.29) is 11.5 Å². The monoisotopic (exact) mass is 230 g/mol. The highest BCUT2D eigenvalue weighted by atomic mass is 19.3. The second-order valence-electron chi connectivity index (χ2n) is 3.23. The summed E-state index contributed by atoms with van der Waals surface area (Å²) in [7, 11) is 0. The highest BCUT2D eigenvalue weighted by Crippen LogP contribution is 2.35. The van der Waals surface area contributed by atoms with E-state index in [4.69, 9.17) is 0 Å². The van der Waals surface area contributed by atoms with Crippen molar-refractivity contribution in [3.8, 4) is 5.75 Å². The average Bonchev–Trinajstić information content (AvgIpc) is 2.15. The summed E-state index contributed by atoms with van der Waals surface area (Å²) in [5.41, 5.74) is -0.187. The molecule has 0 amide bonds. The first-order valence-electron chi connectivity index (χ1n) is 4.48. The van der Waals surface area contributed by atoms with Crippen molar-refractivity contribution in [2.75, 3.05) is 0 Å². The number of nitro benzene ring substituents is 1. The van der Waals surface area contributed by atoms with E-state index in [1.54, 1.807) is 6.92 Å². The molecule has 0 bridgehead atoms. The summed E-state index contributed by atoms with van der Waals surface area (Å²) in [5.74, 6) is -0.824. The third-order valence-corrected chi connectivity index (χ3v) is 1.96. The van der Waals surface area contributed by atoms with Gasteiger partial charge in [-0.05, 0) is 18.9 Å². The minimum Gasteiger partial charge on any atom is -0.427 e. The molecule has 1 aromatic rings. The zero-order chi connectivity index (χ0) is 12.3. The van der Waals surface area contributed by atoms with Crippen LogP contribution in [0.25, 0.3) is 0 Å². The fourth-order valence-corrected chi connectivity index (χ4v) is 1.32. The number of nitrogens with zero attached hydrogens (tertiary/aromatic N) is 1. The minimum atomic E-state index is -3.09. The van der Waals surface area contributed by atoms with Crippen molar-refractivity contribution in [2.24, 2.45) is 0 Å². The Bertz CT molecular complexity index is 394. The van der Waals surface area contributed by atoms with Gasteiger partial charge in [0.25, 0.3) is 0 Å². The van der Waals surface area contributed by atoms with Crippen molar-refractivity contribution in [1.82, 2.24) is 0 Å². The summed E-state index contributed by atoms with van der Waals surface area (Å²) >= 11 is 0. The minimum absolute atomic E-state index is 0.267. The molecule has 0 fully saturated rings. The molecule has 87 valence electrons. The molecule has 0 aliphatic carbocycles. The Balaban J connectivity index is 3.27. The molecular formula is C10H10F2NO3. The maximum absolute atomic E-state index is 12.0. The normalized spacial score (nSPS) is 10.9. The van der Waals surface area contributed by atoms with Gasteiger partial charge in [0.05, 0.1) is 4.92 Å². The number of hydrogen-bond donors (Lipinski definition) is 0. The molecule has 16 heavy (non-hydrogen) atoms. The molecule has 1 rings (SSSR count). The SMILES string of the molecule is [CH2]C(C)c1cccc(OC(F)F)c1[N+](=O)[O-]. The Labute approximate surface area is 91.0 Å². The zero-order valence-electron chi connectivity index (χ0n) is 8.52. The molecule has 0 saturated carbocycles. The van der Waals surface area contributed by atoms with E-state index in [2.05, 4.69) is 11.7 Å². The van der Waals surface area contributed by atoms with E-state index in [0.29, 0.717) is 0 Å². The van der Waals surface area contributed by atoms with Crippen molar-refractivity contribution in [2.45, 2.75) is 19.5 Å². The lowest BCUT2D eigenvalue weighted by atomic mass is 10.0. The summed E-state index contributed by atoms with van der Waals surface area (Å²) in [6.07, 6.45) is 0. The first-order chi connectivity index (χ1) is 7.43. The van der Waals surface area contributed by atoms with Gasteiger partial charge < -0.3 is 4.74 Å². The number of alkyl halides is 2. The smallest absolute Gasteiger partial charge is 0.387 e. The van der Waals surface area contributed by atoms with Crippen LogP contribution in [0.5, 0.6) is 5.75 Å². The van der Waals surface area contributed by atoms with Crippen LogP contribution in [0, 0.1) is 17.0 Å². The number of para-hydroxylation sites is 1. The maximum atomic E-state index is 12.0. The van der Waals surface area contributed by atoms with Gasteiger partial charge in [-0.1, -0.05) is 19.1 Å². The van der Waals surface area contributed by atoms with E-state index in [9.17, 15) is 18.9 Å². The standard InChI is InChI=1S/C10H10F2NO3/c1-6(2)7-4-3-5-8(16-10(11)12)9(7)13(14)15/h3-6,10H,1H2,2H3. The first kappa shape index (κ1) is 12.4. The molecule has 1 atom stereocenters. The fraction of sp³-hybridized carbons (Fsp3) is 0.300. The quantitative estimate of drug-likeness (QED) is 0.589. The van der Waals surface area contributed by atoms with Gasteiger partial charge in [-0.15, -0.1) is 0 Å². The molecular weight excluding hydrogens is 220 g/mol. The molecule has 0 heterocycles. The van der Waals surface area contributed by atoms with E-state index >= 15 is 0 Å². The molecule has 0 spiro atoms. The Kier molecular flexibility index (Phi) is 3.76. The van der Waals surface area contributed by atoms with Gasteiger partial charge in [-0.3, -0.25) is 10.1 Å². The second kappa shape index (κ2) is 4.87. The van der Waals surface area contributed by atoms with E-state index < -0.39 is 23.0 Å².